The van der Waals surface area contributed by atoms with E-state index in [2.05, 4.69) is 48.0 Å². The quantitative estimate of drug-likeness (QED) is 0.819. The summed E-state index contributed by atoms with van der Waals surface area (Å²) in [7, 11) is 3.61. The molecule has 1 saturated heterocycles. The van der Waals surface area contributed by atoms with Crippen molar-refractivity contribution in [1.29, 1.82) is 0 Å². The van der Waals surface area contributed by atoms with Gasteiger partial charge >= 0.3 is 6.03 Å². The monoisotopic (exact) mass is 381 g/mol. The summed E-state index contributed by atoms with van der Waals surface area (Å²) in [6, 6.07) is 8.74. The molecule has 28 heavy (non-hydrogen) atoms. The van der Waals surface area contributed by atoms with Gasteiger partial charge in [0, 0.05) is 58.0 Å². The van der Waals surface area contributed by atoms with E-state index in [0.29, 0.717) is 6.54 Å². The van der Waals surface area contributed by atoms with Crippen molar-refractivity contribution < 1.29 is 4.79 Å². The fourth-order valence-corrected chi connectivity index (χ4v) is 3.70. The van der Waals surface area contributed by atoms with Gasteiger partial charge in [-0.15, -0.1) is 0 Å². The van der Waals surface area contributed by atoms with Crippen LogP contribution in [0.4, 0.5) is 10.6 Å². The fourth-order valence-electron chi connectivity index (χ4n) is 3.70. The number of carbonyl (C=O) groups is 1. The third kappa shape index (κ3) is 4.61. The molecule has 3 rings (SSSR count). The highest BCUT2D eigenvalue weighted by Gasteiger charge is 2.23. The van der Waals surface area contributed by atoms with E-state index >= 15 is 0 Å². The summed E-state index contributed by atoms with van der Waals surface area (Å²) >= 11 is 0. The first-order valence-corrected chi connectivity index (χ1v) is 9.96. The summed E-state index contributed by atoms with van der Waals surface area (Å²) in [5.41, 5.74) is 4.75. The highest BCUT2D eigenvalue weighted by atomic mass is 16.2. The normalized spacial score (nSPS) is 14.8. The maximum Gasteiger partial charge on any atom is 0.319 e. The molecule has 0 N–H and O–H groups in total. The first kappa shape index (κ1) is 20.1. The predicted octanol–water partition coefficient (Wildman–Crippen LogP) is 3.19. The molecule has 0 radical (unpaired) electrons. The molecule has 6 heteroatoms. The highest BCUT2D eigenvalue weighted by molar-refractivity contribution is 5.74. The number of carbonyl (C=O) groups excluding carboxylic acids is 1. The van der Waals surface area contributed by atoms with Gasteiger partial charge in [0.2, 0.25) is 0 Å². The van der Waals surface area contributed by atoms with Gasteiger partial charge in [0.05, 0.1) is 0 Å². The van der Waals surface area contributed by atoms with Gasteiger partial charge in [0.25, 0.3) is 0 Å². The number of rotatable bonds is 3. The Balaban J connectivity index is 1.86. The van der Waals surface area contributed by atoms with Gasteiger partial charge in [0.1, 0.15) is 11.6 Å². The van der Waals surface area contributed by atoms with E-state index in [1.54, 1.807) is 4.90 Å². The number of benzene rings is 1. The van der Waals surface area contributed by atoms with E-state index in [9.17, 15) is 4.79 Å². The minimum absolute atomic E-state index is 0.0803. The maximum atomic E-state index is 12.3. The first-order chi connectivity index (χ1) is 13.3. The van der Waals surface area contributed by atoms with Crippen LogP contribution in [0.15, 0.2) is 24.3 Å². The van der Waals surface area contributed by atoms with Gasteiger partial charge in [-0.1, -0.05) is 29.8 Å². The second-order valence-electron chi connectivity index (χ2n) is 7.83. The van der Waals surface area contributed by atoms with E-state index in [1.165, 1.54) is 16.7 Å². The average molecular weight is 382 g/mol. The van der Waals surface area contributed by atoms with Crippen molar-refractivity contribution in [3.8, 4) is 0 Å². The number of hydrogen-bond donors (Lipinski definition) is 0. The molecule has 6 nitrogen and oxygen atoms in total. The molecule has 1 fully saturated rings. The lowest BCUT2D eigenvalue weighted by Gasteiger charge is -2.27. The molecular formula is C22H31N5O. The van der Waals surface area contributed by atoms with Crippen molar-refractivity contribution in [2.45, 2.75) is 33.6 Å². The second-order valence-corrected chi connectivity index (χ2v) is 7.83. The number of aromatic nitrogens is 2. The van der Waals surface area contributed by atoms with Gasteiger partial charge in [-0.25, -0.2) is 14.8 Å². The molecule has 0 spiro atoms. The first-order valence-electron chi connectivity index (χ1n) is 9.96. The highest BCUT2D eigenvalue weighted by Crippen LogP contribution is 2.25. The van der Waals surface area contributed by atoms with Crippen LogP contribution in [0.25, 0.3) is 0 Å². The van der Waals surface area contributed by atoms with E-state index < -0.39 is 0 Å². The van der Waals surface area contributed by atoms with E-state index in [-0.39, 0.29) is 6.03 Å². The molecule has 1 aliphatic heterocycles. The Morgan fingerprint density at radius 3 is 2.39 bits per heavy atom. The second kappa shape index (κ2) is 8.59. The van der Waals surface area contributed by atoms with Crippen LogP contribution < -0.4 is 4.90 Å². The Bertz CT molecular complexity index is 832. The zero-order valence-electron chi connectivity index (χ0n) is 17.7. The average Bonchev–Trinajstić information content (AvgIpc) is 2.90. The van der Waals surface area contributed by atoms with Crippen molar-refractivity contribution in [2.24, 2.45) is 0 Å². The van der Waals surface area contributed by atoms with Gasteiger partial charge in [-0.3, -0.25) is 0 Å². The molecule has 0 unspecified atom stereocenters. The zero-order valence-corrected chi connectivity index (χ0v) is 17.7. The Hall–Kier alpha value is -2.63. The van der Waals surface area contributed by atoms with E-state index in [1.807, 2.05) is 25.9 Å². The number of nitrogens with zero attached hydrogens (tertiary/aromatic N) is 5. The summed E-state index contributed by atoms with van der Waals surface area (Å²) in [5, 5.41) is 0. The van der Waals surface area contributed by atoms with E-state index in [4.69, 9.17) is 4.98 Å². The van der Waals surface area contributed by atoms with Crippen molar-refractivity contribution in [3.05, 3.63) is 52.5 Å². The molecule has 1 aromatic carbocycles. The number of hydrogen-bond acceptors (Lipinski definition) is 4. The molecule has 150 valence electrons. The Morgan fingerprint density at radius 2 is 1.71 bits per heavy atom. The molecule has 1 aliphatic rings. The lowest BCUT2D eigenvalue weighted by atomic mass is 10.0. The van der Waals surface area contributed by atoms with Crippen molar-refractivity contribution >= 4 is 11.8 Å². The molecule has 1 aromatic heterocycles. The summed E-state index contributed by atoms with van der Waals surface area (Å²) in [4.78, 5) is 27.7. The van der Waals surface area contributed by atoms with Crippen LogP contribution in [-0.2, 0) is 6.42 Å². The molecule has 2 aromatic rings. The molecule has 0 atom stereocenters. The van der Waals surface area contributed by atoms with Crippen LogP contribution >= 0.6 is 0 Å². The van der Waals surface area contributed by atoms with Crippen molar-refractivity contribution in [3.63, 3.8) is 0 Å². The van der Waals surface area contributed by atoms with Crippen LogP contribution in [0.1, 0.15) is 34.6 Å². The number of anilines is 1. The van der Waals surface area contributed by atoms with E-state index in [0.717, 1.165) is 49.8 Å². The largest absolute Gasteiger partial charge is 0.354 e. The van der Waals surface area contributed by atoms with Crippen LogP contribution in [0.3, 0.4) is 0 Å². The fraction of sp³-hybridized carbons (Fsp3) is 0.500. The summed E-state index contributed by atoms with van der Waals surface area (Å²) < 4.78 is 0. The number of urea groups is 1. The number of aryl methyl sites for hydroxylation is 3. The minimum atomic E-state index is 0.0803. The van der Waals surface area contributed by atoms with Crippen LogP contribution in [0, 0.1) is 20.8 Å². The topological polar surface area (TPSA) is 52.6 Å². The van der Waals surface area contributed by atoms with Crippen molar-refractivity contribution in [2.75, 3.05) is 45.2 Å². The molecule has 0 bridgehead atoms. The van der Waals surface area contributed by atoms with Crippen LogP contribution in [-0.4, -0.2) is 66.1 Å². The number of amides is 2. The summed E-state index contributed by atoms with van der Waals surface area (Å²) in [6.07, 6.45) is 1.75. The van der Waals surface area contributed by atoms with Gasteiger partial charge in [-0.2, -0.15) is 0 Å². The zero-order chi connectivity index (χ0) is 20.3. The lowest BCUT2D eigenvalue weighted by molar-refractivity contribution is 0.174. The third-order valence-corrected chi connectivity index (χ3v) is 5.25. The minimum Gasteiger partial charge on any atom is -0.354 e. The van der Waals surface area contributed by atoms with Crippen LogP contribution in [0.2, 0.25) is 0 Å². The summed E-state index contributed by atoms with van der Waals surface area (Å²) in [5.74, 6) is 1.82. The van der Waals surface area contributed by atoms with Gasteiger partial charge in [0.15, 0.2) is 0 Å². The smallest absolute Gasteiger partial charge is 0.319 e. The molecular weight excluding hydrogens is 350 g/mol. The predicted molar refractivity (Wildman–Crippen MR) is 113 cm³/mol. The molecule has 0 saturated carbocycles. The standard InChI is InChI=1S/C22H31N5O/c1-16-7-9-19(10-8-16)15-20-17(2)23-18(3)24-21(20)26-11-6-12-27(14-13-26)22(28)25(4)5/h7-10H,6,11-15H2,1-5H3. The lowest BCUT2D eigenvalue weighted by Crippen LogP contribution is -2.41. The van der Waals surface area contributed by atoms with Crippen molar-refractivity contribution in [1.82, 2.24) is 19.8 Å². The maximum absolute atomic E-state index is 12.3. The molecule has 2 amide bonds. The Labute approximate surface area is 168 Å². The SMILES string of the molecule is Cc1ccc(Cc2c(C)nc(C)nc2N2CCCN(C(=O)N(C)C)CC2)cc1. The van der Waals surface area contributed by atoms with Gasteiger partial charge in [-0.05, 0) is 32.8 Å². The van der Waals surface area contributed by atoms with Gasteiger partial charge < -0.3 is 14.7 Å². The molecule has 0 aliphatic carbocycles. The Kier molecular flexibility index (Phi) is 6.17. The third-order valence-electron chi connectivity index (χ3n) is 5.25. The Morgan fingerprint density at radius 1 is 1.00 bits per heavy atom. The summed E-state index contributed by atoms with van der Waals surface area (Å²) in [6.45, 7) is 9.30. The van der Waals surface area contributed by atoms with Crippen LogP contribution in [0.5, 0.6) is 0 Å². The molecule has 2 heterocycles.